The van der Waals surface area contributed by atoms with Gasteiger partial charge in [-0.2, -0.15) is 0 Å². The van der Waals surface area contributed by atoms with Crippen LogP contribution in [-0.4, -0.2) is 32.7 Å². The van der Waals surface area contributed by atoms with Gasteiger partial charge in [0.1, 0.15) is 12.0 Å². The average molecular weight is 278 g/mol. The van der Waals surface area contributed by atoms with Crippen LogP contribution in [0.5, 0.6) is 0 Å². The van der Waals surface area contributed by atoms with E-state index in [2.05, 4.69) is 27.6 Å². The third-order valence-electron chi connectivity index (χ3n) is 5.95. The third kappa shape index (κ3) is 2.20. The van der Waals surface area contributed by atoms with Crippen LogP contribution in [0.2, 0.25) is 0 Å². The molecule has 0 aromatic carbocycles. The van der Waals surface area contributed by atoms with Crippen molar-refractivity contribution in [3.8, 4) is 0 Å². The number of hydrogen-bond donors (Lipinski definition) is 1. The van der Waals surface area contributed by atoms with Crippen LogP contribution in [0, 0.1) is 23.2 Å². The summed E-state index contributed by atoms with van der Waals surface area (Å²) in [6, 6.07) is 0. The summed E-state index contributed by atoms with van der Waals surface area (Å²) in [6.45, 7) is 7.62. The van der Waals surface area contributed by atoms with Crippen molar-refractivity contribution < 1.29 is 14.4 Å². The van der Waals surface area contributed by atoms with Gasteiger partial charge in [-0.1, -0.05) is 19.1 Å². The van der Waals surface area contributed by atoms with Gasteiger partial charge in [-0.3, -0.25) is 4.79 Å². The molecule has 0 spiro atoms. The molecule has 0 aromatic rings. The van der Waals surface area contributed by atoms with E-state index >= 15 is 0 Å². The fraction of sp³-hybridized carbons (Fsp3) is 0.824. The van der Waals surface area contributed by atoms with Crippen molar-refractivity contribution in [2.75, 3.05) is 20.6 Å². The van der Waals surface area contributed by atoms with Crippen molar-refractivity contribution in [3.63, 3.8) is 0 Å². The summed E-state index contributed by atoms with van der Waals surface area (Å²) in [7, 11) is 4.24. The van der Waals surface area contributed by atoms with Gasteiger partial charge >= 0.3 is 5.97 Å². The molecule has 112 valence electrons. The van der Waals surface area contributed by atoms with E-state index in [1.165, 1.54) is 29.7 Å². The average Bonchev–Trinajstić information content (AvgIpc) is 2.62. The first-order valence-corrected chi connectivity index (χ1v) is 8.08. The number of ether oxygens (including phenoxy) is 1. The molecule has 5 atom stereocenters. The molecule has 0 bridgehead atoms. The van der Waals surface area contributed by atoms with Crippen molar-refractivity contribution in [3.05, 3.63) is 12.2 Å². The number of rotatable bonds is 2. The largest absolute Gasteiger partial charge is 0.462 e. The van der Waals surface area contributed by atoms with Crippen LogP contribution in [0.4, 0.5) is 0 Å². The highest BCUT2D eigenvalue weighted by Crippen LogP contribution is 2.56. The second-order valence-electron chi connectivity index (χ2n) is 7.82. The Hall–Kier alpha value is -0.830. The Morgan fingerprint density at radius 1 is 1.45 bits per heavy atom. The molecule has 3 heteroatoms. The van der Waals surface area contributed by atoms with Crippen LogP contribution < -0.4 is 4.90 Å². The van der Waals surface area contributed by atoms with Gasteiger partial charge in [-0.15, -0.1) is 0 Å². The monoisotopic (exact) mass is 278 g/mol. The summed E-state index contributed by atoms with van der Waals surface area (Å²) >= 11 is 0. The van der Waals surface area contributed by atoms with E-state index in [9.17, 15) is 4.79 Å². The summed E-state index contributed by atoms with van der Waals surface area (Å²) in [6.07, 6.45) is 6.02. The molecular weight excluding hydrogens is 250 g/mol. The maximum absolute atomic E-state index is 12.2. The van der Waals surface area contributed by atoms with Gasteiger partial charge in [0.05, 0.1) is 20.6 Å². The first-order valence-electron chi connectivity index (χ1n) is 8.08. The molecule has 3 fully saturated rings. The molecule has 1 saturated heterocycles. The first-order chi connectivity index (χ1) is 9.40. The van der Waals surface area contributed by atoms with Crippen molar-refractivity contribution in [1.82, 2.24) is 0 Å². The Morgan fingerprint density at radius 2 is 2.20 bits per heavy atom. The standard InChI is InChI=1S/C17H27NO2/c1-11-6-5-7-17(2)9-15-12(8-14(11)17)13(10-18(3)4)16(19)20-15/h12-15H,1,5-10H2,2-4H3/p+1/t12-,13-,14-,15-,17-/m0/s1. The van der Waals surface area contributed by atoms with Crippen molar-refractivity contribution >= 4 is 5.97 Å². The lowest BCUT2D eigenvalue weighted by Gasteiger charge is -2.49. The van der Waals surface area contributed by atoms with E-state index in [1.54, 1.807) is 0 Å². The Kier molecular flexibility index (Phi) is 3.44. The molecule has 0 amide bonds. The summed E-state index contributed by atoms with van der Waals surface area (Å²) < 4.78 is 5.75. The van der Waals surface area contributed by atoms with Gasteiger partial charge in [0.15, 0.2) is 0 Å². The van der Waals surface area contributed by atoms with Crippen molar-refractivity contribution in [2.45, 2.75) is 45.1 Å². The van der Waals surface area contributed by atoms with E-state index in [0.29, 0.717) is 17.3 Å². The number of fused-ring (bicyclic) bond motifs is 2. The minimum absolute atomic E-state index is 0.0501. The Morgan fingerprint density at radius 3 is 2.90 bits per heavy atom. The molecule has 20 heavy (non-hydrogen) atoms. The second-order valence-corrected chi connectivity index (χ2v) is 7.82. The minimum Gasteiger partial charge on any atom is -0.462 e. The summed E-state index contributed by atoms with van der Waals surface area (Å²) in [5.74, 6) is 1.18. The smallest absolute Gasteiger partial charge is 0.315 e. The number of nitrogens with one attached hydrogen (secondary N) is 1. The highest BCUT2D eigenvalue weighted by molar-refractivity contribution is 5.75. The molecule has 3 nitrogen and oxygen atoms in total. The lowest BCUT2D eigenvalue weighted by molar-refractivity contribution is -0.861. The highest BCUT2D eigenvalue weighted by Gasteiger charge is 2.55. The normalized spacial score (nSPS) is 44.2. The fourth-order valence-electron chi connectivity index (χ4n) is 4.93. The Labute approximate surface area is 122 Å². The Balaban J connectivity index is 1.82. The van der Waals surface area contributed by atoms with Gasteiger partial charge in [0.2, 0.25) is 0 Å². The summed E-state index contributed by atoms with van der Waals surface area (Å²) in [5, 5.41) is 0. The maximum atomic E-state index is 12.2. The van der Waals surface area contributed by atoms with Crippen LogP contribution in [0.3, 0.4) is 0 Å². The zero-order chi connectivity index (χ0) is 14.5. The fourth-order valence-corrected chi connectivity index (χ4v) is 4.93. The quantitative estimate of drug-likeness (QED) is 0.612. The van der Waals surface area contributed by atoms with Crippen molar-refractivity contribution in [2.24, 2.45) is 23.2 Å². The van der Waals surface area contributed by atoms with Gasteiger partial charge < -0.3 is 9.64 Å². The number of esters is 1. The Bertz CT molecular complexity index is 431. The van der Waals surface area contributed by atoms with Gasteiger partial charge in [-0.05, 0) is 43.4 Å². The zero-order valence-corrected chi connectivity index (χ0v) is 13.1. The van der Waals surface area contributed by atoms with E-state index < -0.39 is 0 Å². The molecule has 0 unspecified atom stereocenters. The lowest BCUT2D eigenvalue weighted by atomic mass is 9.55. The molecule has 2 saturated carbocycles. The van der Waals surface area contributed by atoms with Crippen LogP contribution in [0.1, 0.15) is 39.0 Å². The van der Waals surface area contributed by atoms with Crippen LogP contribution >= 0.6 is 0 Å². The van der Waals surface area contributed by atoms with Gasteiger partial charge in [-0.25, -0.2) is 0 Å². The van der Waals surface area contributed by atoms with Crippen molar-refractivity contribution in [1.29, 1.82) is 0 Å². The SMILES string of the molecule is C=C1CCC[C@@]2(C)C[C@@H]3OC(=O)[C@@H](C[NH+](C)C)[C@@H]3C[C@@H]12. The lowest BCUT2D eigenvalue weighted by Crippen LogP contribution is -3.06. The van der Waals surface area contributed by atoms with Gasteiger partial charge in [0, 0.05) is 5.92 Å². The number of allylic oxidation sites excluding steroid dienone is 1. The number of carbonyl (C=O) groups is 1. The van der Waals surface area contributed by atoms with E-state index in [1.807, 2.05) is 0 Å². The maximum Gasteiger partial charge on any atom is 0.315 e. The van der Waals surface area contributed by atoms with E-state index in [4.69, 9.17) is 4.74 Å². The van der Waals surface area contributed by atoms with Crippen LogP contribution in [0.15, 0.2) is 12.2 Å². The van der Waals surface area contributed by atoms with E-state index in [-0.39, 0.29) is 18.0 Å². The molecule has 1 N–H and O–H groups in total. The van der Waals surface area contributed by atoms with Crippen LogP contribution in [0.25, 0.3) is 0 Å². The minimum atomic E-state index is 0.0501. The third-order valence-corrected chi connectivity index (χ3v) is 5.95. The topological polar surface area (TPSA) is 30.7 Å². The number of quaternary nitrogens is 1. The zero-order valence-electron chi connectivity index (χ0n) is 13.1. The van der Waals surface area contributed by atoms with E-state index in [0.717, 1.165) is 19.4 Å². The molecule has 3 rings (SSSR count). The van der Waals surface area contributed by atoms with Crippen LogP contribution in [-0.2, 0) is 9.53 Å². The molecule has 1 heterocycles. The second kappa shape index (κ2) is 4.87. The molecule has 3 aliphatic rings. The molecule has 0 aromatic heterocycles. The summed E-state index contributed by atoms with van der Waals surface area (Å²) in [4.78, 5) is 13.5. The molecule has 1 aliphatic heterocycles. The molecule has 0 radical (unpaired) electrons. The molecular formula is C17H28NO2+. The summed E-state index contributed by atoms with van der Waals surface area (Å²) in [5.41, 5.74) is 1.74. The highest BCUT2D eigenvalue weighted by atomic mass is 16.6. The predicted octanol–water partition coefficient (Wildman–Crippen LogP) is 1.45. The number of carbonyl (C=O) groups excluding carboxylic acids is 1. The van der Waals surface area contributed by atoms with Gasteiger partial charge in [0.25, 0.3) is 0 Å². The first kappa shape index (κ1) is 14.1. The predicted molar refractivity (Wildman–Crippen MR) is 78.4 cm³/mol. The number of hydrogen-bond acceptors (Lipinski definition) is 2. The molecule has 2 aliphatic carbocycles.